The Kier molecular flexibility index (Phi) is 7.93. The zero-order valence-corrected chi connectivity index (χ0v) is 19.0. The molecule has 33 heavy (non-hydrogen) atoms. The Hall–Kier alpha value is -3.38. The van der Waals surface area contributed by atoms with E-state index in [2.05, 4.69) is 10.3 Å². The molecule has 1 amide bonds. The number of rotatable bonds is 9. The summed E-state index contributed by atoms with van der Waals surface area (Å²) < 4.78 is 11.5. The van der Waals surface area contributed by atoms with Gasteiger partial charge in [0.15, 0.2) is 0 Å². The van der Waals surface area contributed by atoms with Gasteiger partial charge in [-0.05, 0) is 67.9 Å². The predicted molar refractivity (Wildman–Crippen MR) is 128 cm³/mol. The van der Waals surface area contributed by atoms with Crippen LogP contribution in [0, 0.1) is 5.92 Å². The van der Waals surface area contributed by atoms with E-state index in [1.54, 1.807) is 13.3 Å². The molecule has 1 aliphatic rings. The number of carbonyl (C=O) groups excluding carboxylic acids is 1. The molecule has 6 heteroatoms. The maximum Gasteiger partial charge on any atom is 0.226 e. The third-order valence-corrected chi connectivity index (χ3v) is 6.00. The number of para-hydroxylation sites is 1. The van der Waals surface area contributed by atoms with Crippen molar-refractivity contribution >= 4 is 5.91 Å². The van der Waals surface area contributed by atoms with Crippen molar-refractivity contribution < 1.29 is 14.3 Å². The Labute approximate surface area is 195 Å². The standard InChI is InChI=1S/C27H31N3O3/c1-32-24-11-7-8-22(20-24)26(25-12-5-6-15-29-25)30(27(31)21-13-16-28-17-14-21)18-19-33-23-9-3-2-4-10-23/h2-12,15,20-21,26,28H,13-14,16-19H2,1H3/t26-/m0/s1. The smallest absolute Gasteiger partial charge is 0.226 e. The summed E-state index contributed by atoms with van der Waals surface area (Å²) in [7, 11) is 1.65. The first kappa shape index (κ1) is 22.8. The van der Waals surface area contributed by atoms with E-state index in [0.29, 0.717) is 13.2 Å². The third kappa shape index (κ3) is 5.90. The van der Waals surface area contributed by atoms with Crippen LogP contribution in [-0.4, -0.2) is 49.1 Å². The molecule has 1 fully saturated rings. The van der Waals surface area contributed by atoms with Crippen molar-refractivity contribution in [3.63, 3.8) is 0 Å². The lowest BCUT2D eigenvalue weighted by molar-refractivity contribution is -0.138. The van der Waals surface area contributed by atoms with Crippen LogP contribution in [0.4, 0.5) is 0 Å². The fourth-order valence-electron chi connectivity index (χ4n) is 4.31. The number of hydrogen-bond donors (Lipinski definition) is 1. The normalized spacial score (nSPS) is 14.9. The van der Waals surface area contributed by atoms with Gasteiger partial charge in [-0.3, -0.25) is 9.78 Å². The minimum atomic E-state index is -0.331. The minimum Gasteiger partial charge on any atom is -0.497 e. The quantitative estimate of drug-likeness (QED) is 0.538. The highest BCUT2D eigenvalue weighted by molar-refractivity contribution is 5.80. The van der Waals surface area contributed by atoms with Gasteiger partial charge >= 0.3 is 0 Å². The summed E-state index contributed by atoms with van der Waals surface area (Å²) >= 11 is 0. The van der Waals surface area contributed by atoms with Gasteiger partial charge < -0.3 is 19.7 Å². The van der Waals surface area contributed by atoms with Crippen LogP contribution >= 0.6 is 0 Å². The number of benzene rings is 2. The first-order valence-corrected chi connectivity index (χ1v) is 11.5. The number of carbonyl (C=O) groups is 1. The monoisotopic (exact) mass is 445 g/mol. The number of methoxy groups -OCH3 is 1. The minimum absolute atomic E-state index is 0.0141. The lowest BCUT2D eigenvalue weighted by Gasteiger charge is -2.35. The highest BCUT2D eigenvalue weighted by atomic mass is 16.5. The zero-order chi connectivity index (χ0) is 22.9. The third-order valence-electron chi connectivity index (χ3n) is 6.00. The molecule has 0 bridgehead atoms. The molecule has 0 saturated carbocycles. The largest absolute Gasteiger partial charge is 0.497 e. The summed E-state index contributed by atoms with van der Waals surface area (Å²) in [5.74, 6) is 1.68. The Morgan fingerprint density at radius 2 is 1.79 bits per heavy atom. The van der Waals surface area contributed by atoms with Crippen molar-refractivity contribution in [3.8, 4) is 11.5 Å². The van der Waals surface area contributed by atoms with Gasteiger partial charge in [0.25, 0.3) is 0 Å². The summed E-state index contributed by atoms with van der Waals surface area (Å²) in [4.78, 5) is 20.4. The van der Waals surface area contributed by atoms with Gasteiger partial charge in [-0.15, -0.1) is 0 Å². The van der Waals surface area contributed by atoms with Crippen molar-refractivity contribution in [2.75, 3.05) is 33.4 Å². The topological polar surface area (TPSA) is 63.7 Å². The molecular formula is C27H31N3O3. The molecule has 1 aromatic heterocycles. The van der Waals surface area contributed by atoms with Crippen molar-refractivity contribution in [1.82, 2.24) is 15.2 Å². The maximum atomic E-state index is 13.9. The Morgan fingerprint density at radius 1 is 1.03 bits per heavy atom. The SMILES string of the molecule is COc1cccc([C@@H](c2ccccn2)N(CCOc2ccccc2)C(=O)C2CCNCC2)c1. The summed E-state index contributed by atoms with van der Waals surface area (Å²) in [5.41, 5.74) is 1.79. The Balaban J connectivity index is 1.67. The van der Waals surface area contributed by atoms with Gasteiger partial charge in [-0.2, -0.15) is 0 Å². The molecule has 1 aliphatic heterocycles. The predicted octanol–water partition coefficient (Wildman–Crippen LogP) is 4.09. The van der Waals surface area contributed by atoms with E-state index in [-0.39, 0.29) is 17.9 Å². The van der Waals surface area contributed by atoms with E-state index in [0.717, 1.165) is 48.7 Å². The van der Waals surface area contributed by atoms with Gasteiger partial charge in [0.1, 0.15) is 18.1 Å². The van der Waals surface area contributed by atoms with Crippen LogP contribution in [0.3, 0.4) is 0 Å². The molecule has 0 radical (unpaired) electrons. The van der Waals surface area contributed by atoms with E-state index < -0.39 is 0 Å². The highest BCUT2D eigenvalue weighted by Gasteiger charge is 2.33. The number of pyridine rings is 1. The van der Waals surface area contributed by atoms with Crippen LogP contribution in [0.1, 0.15) is 30.1 Å². The molecule has 172 valence electrons. The van der Waals surface area contributed by atoms with Crippen LogP contribution < -0.4 is 14.8 Å². The number of ether oxygens (including phenoxy) is 2. The van der Waals surface area contributed by atoms with E-state index in [4.69, 9.17) is 9.47 Å². The van der Waals surface area contributed by atoms with Gasteiger partial charge in [0.2, 0.25) is 5.91 Å². The second-order valence-corrected chi connectivity index (χ2v) is 8.15. The van der Waals surface area contributed by atoms with E-state index in [1.165, 1.54) is 0 Å². The highest BCUT2D eigenvalue weighted by Crippen LogP contribution is 2.32. The average Bonchev–Trinajstić information content (AvgIpc) is 2.89. The Morgan fingerprint density at radius 3 is 2.52 bits per heavy atom. The van der Waals surface area contributed by atoms with E-state index in [1.807, 2.05) is 77.7 Å². The van der Waals surface area contributed by atoms with Gasteiger partial charge in [0.05, 0.1) is 25.4 Å². The lowest BCUT2D eigenvalue weighted by atomic mass is 9.93. The van der Waals surface area contributed by atoms with Crippen LogP contribution in [0.25, 0.3) is 0 Å². The summed E-state index contributed by atoms with van der Waals surface area (Å²) in [5, 5.41) is 3.36. The molecule has 0 spiro atoms. The van der Waals surface area contributed by atoms with Gasteiger partial charge in [0, 0.05) is 12.1 Å². The first-order valence-electron chi connectivity index (χ1n) is 11.5. The molecule has 2 heterocycles. The molecular weight excluding hydrogens is 414 g/mol. The van der Waals surface area contributed by atoms with Crippen LogP contribution in [0.15, 0.2) is 79.0 Å². The fraction of sp³-hybridized carbons (Fsp3) is 0.333. The number of piperidine rings is 1. The van der Waals surface area contributed by atoms with E-state index >= 15 is 0 Å². The van der Waals surface area contributed by atoms with Crippen LogP contribution in [0.2, 0.25) is 0 Å². The van der Waals surface area contributed by atoms with Crippen LogP contribution in [-0.2, 0) is 4.79 Å². The molecule has 2 aromatic carbocycles. The number of aromatic nitrogens is 1. The molecule has 1 N–H and O–H groups in total. The maximum absolute atomic E-state index is 13.9. The van der Waals surface area contributed by atoms with Crippen molar-refractivity contribution in [2.45, 2.75) is 18.9 Å². The van der Waals surface area contributed by atoms with Crippen LogP contribution in [0.5, 0.6) is 11.5 Å². The zero-order valence-electron chi connectivity index (χ0n) is 19.0. The second kappa shape index (κ2) is 11.5. The number of amides is 1. The summed E-state index contributed by atoms with van der Waals surface area (Å²) in [6.45, 7) is 2.57. The van der Waals surface area contributed by atoms with Gasteiger partial charge in [-0.25, -0.2) is 0 Å². The molecule has 4 rings (SSSR count). The summed E-state index contributed by atoms with van der Waals surface area (Å²) in [6.07, 6.45) is 3.44. The Bertz CT molecular complexity index is 1010. The van der Waals surface area contributed by atoms with Gasteiger partial charge in [-0.1, -0.05) is 36.4 Å². The molecule has 3 aromatic rings. The number of nitrogens with one attached hydrogen (secondary N) is 1. The summed E-state index contributed by atoms with van der Waals surface area (Å²) in [6, 6.07) is 23.1. The fourth-order valence-corrected chi connectivity index (χ4v) is 4.31. The average molecular weight is 446 g/mol. The molecule has 0 aliphatic carbocycles. The van der Waals surface area contributed by atoms with Crippen molar-refractivity contribution in [3.05, 3.63) is 90.3 Å². The van der Waals surface area contributed by atoms with Crippen molar-refractivity contribution in [1.29, 1.82) is 0 Å². The van der Waals surface area contributed by atoms with E-state index in [9.17, 15) is 4.79 Å². The van der Waals surface area contributed by atoms with Crippen molar-refractivity contribution in [2.24, 2.45) is 5.92 Å². The number of hydrogen-bond acceptors (Lipinski definition) is 5. The molecule has 6 nitrogen and oxygen atoms in total. The number of nitrogens with zero attached hydrogens (tertiary/aromatic N) is 2. The molecule has 1 atom stereocenters. The molecule has 0 unspecified atom stereocenters. The molecule has 1 saturated heterocycles. The second-order valence-electron chi connectivity index (χ2n) is 8.15. The first-order chi connectivity index (χ1) is 16.3. The lowest BCUT2D eigenvalue weighted by Crippen LogP contribution is -2.45.